The predicted octanol–water partition coefficient (Wildman–Crippen LogP) is -0.519. The molecule has 2 fully saturated rings. The maximum Gasteiger partial charge on any atom is 0.292 e. The van der Waals surface area contributed by atoms with Crippen molar-refractivity contribution in [3.63, 3.8) is 0 Å². The third-order valence-electron chi connectivity index (χ3n) is 3.44. The largest absolute Gasteiger partial charge is 0.386 e. The molecular weight excluding hydrogens is 196 g/mol. The number of ether oxygens (including phenoxy) is 2. The van der Waals surface area contributed by atoms with E-state index < -0.39 is 16.7 Å². The molecule has 2 unspecified atom stereocenters. The number of nitrogens with zero attached hydrogens (tertiary/aromatic N) is 3. The lowest BCUT2D eigenvalue weighted by Crippen LogP contribution is -2.37. The van der Waals surface area contributed by atoms with Gasteiger partial charge in [-0.15, -0.1) is 0 Å². The van der Waals surface area contributed by atoms with Gasteiger partial charge in [0, 0.05) is 6.42 Å². The van der Waals surface area contributed by atoms with E-state index in [1.807, 2.05) is 0 Å². The van der Waals surface area contributed by atoms with Crippen LogP contribution in [0.4, 0.5) is 0 Å². The maximum absolute atomic E-state index is 9.22. The quantitative estimate of drug-likeness (QED) is 0.571. The smallest absolute Gasteiger partial charge is 0.292 e. The van der Waals surface area contributed by atoms with E-state index in [-0.39, 0.29) is 5.84 Å². The highest BCUT2D eigenvalue weighted by Gasteiger charge is 2.87. The highest BCUT2D eigenvalue weighted by Crippen LogP contribution is 2.74. The molecule has 2 atom stereocenters. The second-order valence-electron chi connectivity index (χ2n) is 3.99. The average molecular weight is 204 g/mol. The minimum atomic E-state index is -1.32. The van der Waals surface area contributed by atoms with Crippen LogP contribution >= 0.6 is 0 Å². The first kappa shape index (κ1) is 8.66. The van der Waals surface area contributed by atoms with Gasteiger partial charge in [0.05, 0.1) is 25.4 Å². The molecule has 0 radical (unpaired) electrons. The fourth-order valence-electron chi connectivity index (χ4n) is 2.50. The van der Waals surface area contributed by atoms with E-state index in [4.69, 9.17) is 20.5 Å². The molecule has 0 aromatic heterocycles. The van der Waals surface area contributed by atoms with E-state index >= 15 is 0 Å². The predicted molar refractivity (Wildman–Crippen MR) is 47.0 cm³/mol. The molecule has 1 saturated carbocycles. The molecule has 3 aliphatic rings. The molecule has 2 N–H and O–H groups in total. The van der Waals surface area contributed by atoms with Crippen LogP contribution in [0.15, 0.2) is 4.99 Å². The molecule has 15 heavy (non-hydrogen) atoms. The van der Waals surface area contributed by atoms with Crippen molar-refractivity contribution < 1.29 is 9.47 Å². The average Bonchev–Trinajstić information content (AvgIpc) is 2.67. The van der Waals surface area contributed by atoms with Crippen molar-refractivity contribution in [1.29, 1.82) is 10.5 Å². The Morgan fingerprint density at radius 2 is 1.93 bits per heavy atom. The van der Waals surface area contributed by atoms with Crippen molar-refractivity contribution in [2.75, 3.05) is 13.2 Å². The highest BCUT2D eigenvalue weighted by atomic mass is 16.8. The third-order valence-corrected chi connectivity index (χ3v) is 3.44. The summed E-state index contributed by atoms with van der Waals surface area (Å²) in [6, 6.07) is 4.17. The standard InChI is InChI=1S/C9H8N4O2/c10-4-7-3-8(7,5-11)9(13-6(7)12)14-1-2-15-9/h1-3H2,(H2,12,13). The van der Waals surface area contributed by atoms with Gasteiger partial charge >= 0.3 is 0 Å². The van der Waals surface area contributed by atoms with Gasteiger partial charge in [-0.3, -0.25) is 0 Å². The molecule has 0 aromatic carbocycles. The van der Waals surface area contributed by atoms with Gasteiger partial charge in [-0.1, -0.05) is 0 Å². The molecule has 1 spiro atoms. The summed E-state index contributed by atoms with van der Waals surface area (Å²) in [7, 11) is 0. The summed E-state index contributed by atoms with van der Waals surface area (Å²) in [6.45, 7) is 0.753. The van der Waals surface area contributed by atoms with Crippen LogP contribution in [0.1, 0.15) is 6.42 Å². The van der Waals surface area contributed by atoms with Crippen molar-refractivity contribution in [3.8, 4) is 12.1 Å². The maximum atomic E-state index is 9.22. The molecule has 2 aliphatic heterocycles. The summed E-state index contributed by atoms with van der Waals surface area (Å²) in [5, 5.41) is 18.3. The van der Waals surface area contributed by atoms with Crippen molar-refractivity contribution in [2.24, 2.45) is 21.6 Å². The monoisotopic (exact) mass is 204 g/mol. The van der Waals surface area contributed by atoms with Gasteiger partial charge in [-0.05, 0) is 0 Å². The Hall–Kier alpha value is -1.63. The zero-order valence-corrected chi connectivity index (χ0v) is 7.86. The first-order valence-electron chi connectivity index (χ1n) is 4.63. The number of aliphatic imine (C=N–C) groups is 1. The van der Waals surface area contributed by atoms with Crippen LogP contribution in [0.5, 0.6) is 0 Å². The molecule has 6 nitrogen and oxygen atoms in total. The molecule has 76 valence electrons. The van der Waals surface area contributed by atoms with Crippen LogP contribution in [0.3, 0.4) is 0 Å². The van der Waals surface area contributed by atoms with Crippen LogP contribution in [0.25, 0.3) is 0 Å². The van der Waals surface area contributed by atoms with Gasteiger partial charge in [0.15, 0.2) is 5.41 Å². The second kappa shape index (κ2) is 2.13. The van der Waals surface area contributed by atoms with Crippen LogP contribution < -0.4 is 5.73 Å². The van der Waals surface area contributed by atoms with Gasteiger partial charge < -0.3 is 15.2 Å². The molecule has 3 rings (SSSR count). The SMILES string of the molecule is N#CC12CC1(C#N)C1(N=C2N)OCCO1. The molecule has 0 aromatic rings. The first-order chi connectivity index (χ1) is 7.16. The summed E-state index contributed by atoms with van der Waals surface area (Å²) in [6.07, 6.45) is 0.350. The van der Waals surface area contributed by atoms with Gasteiger partial charge in [-0.2, -0.15) is 10.5 Å². The van der Waals surface area contributed by atoms with Crippen LogP contribution in [0, 0.1) is 33.5 Å². The number of rotatable bonds is 0. The number of nitriles is 2. The zero-order chi connectivity index (χ0) is 10.7. The lowest BCUT2D eigenvalue weighted by atomic mass is 9.94. The molecule has 1 aliphatic carbocycles. The van der Waals surface area contributed by atoms with Gasteiger partial charge in [0.1, 0.15) is 11.3 Å². The highest BCUT2D eigenvalue weighted by molar-refractivity contribution is 5.97. The lowest BCUT2D eigenvalue weighted by molar-refractivity contribution is -0.182. The minimum absolute atomic E-state index is 0.161. The van der Waals surface area contributed by atoms with Crippen molar-refractivity contribution in [2.45, 2.75) is 12.3 Å². The first-order valence-corrected chi connectivity index (χ1v) is 4.63. The second-order valence-corrected chi connectivity index (χ2v) is 3.99. The van der Waals surface area contributed by atoms with Gasteiger partial charge in [0.25, 0.3) is 5.91 Å². The number of hydrogen-bond acceptors (Lipinski definition) is 6. The Labute approximate surface area is 85.9 Å². The summed E-state index contributed by atoms with van der Waals surface area (Å²) in [5.41, 5.74) is 3.67. The summed E-state index contributed by atoms with van der Waals surface area (Å²) >= 11 is 0. The van der Waals surface area contributed by atoms with Crippen molar-refractivity contribution >= 4 is 5.84 Å². The molecular formula is C9H8N4O2. The molecule has 6 heteroatoms. The molecule has 2 heterocycles. The number of hydrogen-bond donors (Lipinski definition) is 1. The summed E-state index contributed by atoms with van der Waals surface area (Å²) < 4.78 is 10.8. The number of amidine groups is 1. The molecule has 1 saturated heterocycles. The zero-order valence-electron chi connectivity index (χ0n) is 7.86. The van der Waals surface area contributed by atoms with Gasteiger partial charge in [0.2, 0.25) is 0 Å². The molecule has 0 bridgehead atoms. The summed E-state index contributed by atoms with van der Waals surface area (Å²) in [4.78, 5) is 4.04. The van der Waals surface area contributed by atoms with E-state index in [0.29, 0.717) is 19.6 Å². The van der Waals surface area contributed by atoms with Crippen molar-refractivity contribution in [1.82, 2.24) is 0 Å². The lowest BCUT2D eigenvalue weighted by Gasteiger charge is -2.23. The van der Waals surface area contributed by atoms with Gasteiger partial charge in [-0.25, -0.2) is 4.99 Å². The number of nitrogens with two attached hydrogens (primary N) is 1. The van der Waals surface area contributed by atoms with E-state index in [9.17, 15) is 5.26 Å². The summed E-state index contributed by atoms with van der Waals surface area (Å²) in [5.74, 6) is -1.16. The van der Waals surface area contributed by atoms with Crippen LogP contribution in [0.2, 0.25) is 0 Å². The number of fused-ring (bicyclic) bond motifs is 2. The van der Waals surface area contributed by atoms with E-state index in [1.54, 1.807) is 0 Å². The topological polar surface area (TPSA) is 104 Å². The third kappa shape index (κ3) is 0.619. The Kier molecular flexibility index (Phi) is 1.23. The Balaban J connectivity index is 2.17. The Morgan fingerprint density at radius 1 is 1.27 bits per heavy atom. The van der Waals surface area contributed by atoms with E-state index in [2.05, 4.69) is 17.1 Å². The van der Waals surface area contributed by atoms with E-state index in [0.717, 1.165) is 0 Å². The van der Waals surface area contributed by atoms with Crippen molar-refractivity contribution in [3.05, 3.63) is 0 Å². The minimum Gasteiger partial charge on any atom is -0.386 e. The van der Waals surface area contributed by atoms with Crippen LogP contribution in [-0.4, -0.2) is 25.0 Å². The van der Waals surface area contributed by atoms with Crippen LogP contribution in [-0.2, 0) is 9.47 Å². The molecule has 0 amide bonds. The fraction of sp³-hybridized carbons (Fsp3) is 0.667. The Bertz CT molecular complexity index is 454. The van der Waals surface area contributed by atoms with E-state index in [1.165, 1.54) is 0 Å². The Morgan fingerprint density at radius 3 is 2.40 bits per heavy atom. The normalized spacial score (nSPS) is 44.3. The fourth-order valence-corrected chi connectivity index (χ4v) is 2.50.